The normalized spacial score (nSPS) is 20.1. The molecule has 1 rings (SSSR count). The van der Waals surface area contributed by atoms with Gasteiger partial charge in [0.25, 0.3) is 0 Å². The molecule has 86 valence electrons. The van der Waals surface area contributed by atoms with Gasteiger partial charge in [0, 0.05) is 13.1 Å². The predicted molar refractivity (Wildman–Crippen MR) is 55.1 cm³/mol. The van der Waals surface area contributed by atoms with Gasteiger partial charge in [0.2, 0.25) is 5.91 Å². The van der Waals surface area contributed by atoms with Crippen molar-refractivity contribution in [2.24, 2.45) is 17.1 Å². The van der Waals surface area contributed by atoms with Crippen LogP contribution in [-0.2, 0) is 9.59 Å². The van der Waals surface area contributed by atoms with E-state index in [0.29, 0.717) is 6.54 Å². The van der Waals surface area contributed by atoms with Crippen molar-refractivity contribution in [2.45, 2.75) is 26.2 Å². The summed E-state index contributed by atoms with van der Waals surface area (Å²) in [5.41, 5.74) is 5.14. The zero-order valence-electron chi connectivity index (χ0n) is 8.95. The zero-order chi connectivity index (χ0) is 11.5. The summed E-state index contributed by atoms with van der Waals surface area (Å²) in [4.78, 5) is 22.3. The fourth-order valence-corrected chi connectivity index (χ4v) is 1.65. The third-order valence-electron chi connectivity index (χ3n) is 3.17. The standard InChI is InChI=1S/C10H18N2O3/c1-7(8(13)14)5-12-9(15)10(6-11)3-2-4-10/h7H,2-6,11H2,1H3,(H,12,15)(H,13,14). The Morgan fingerprint density at radius 3 is 2.47 bits per heavy atom. The van der Waals surface area contributed by atoms with E-state index >= 15 is 0 Å². The number of carbonyl (C=O) groups is 2. The number of carboxylic acid groups (broad SMARTS) is 1. The summed E-state index contributed by atoms with van der Waals surface area (Å²) in [7, 11) is 0. The Morgan fingerprint density at radius 2 is 2.13 bits per heavy atom. The van der Waals surface area contributed by atoms with E-state index in [1.54, 1.807) is 6.92 Å². The Hall–Kier alpha value is -1.10. The minimum Gasteiger partial charge on any atom is -0.481 e. The lowest BCUT2D eigenvalue weighted by Crippen LogP contribution is -2.51. The molecule has 1 fully saturated rings. The molecular formula is C10H18N2O3. The van der Waals surface area contributed by atoms with Crippen molar-refractivity contribution < 1.29 is 14.7 Å². The van der Waals surface area contributed by atoms with Crippen LogP contribution in [0.4, 0.5) is 0 Å². The number of rotatable bonds is 5. The molecule has 5 heteroatoms. The van der Waals surface area contributed by atoms with Crippen LogP contribution in [0.25, 0.3) is 0 Å². The first-order valence-corrected chi connectivity index (χ1v) is 5.23. The molecule has 0 saturated heterocycles. The lowest BCUT2D eigenvalue weighted by atomic mass is 9.68. The van der Waals surface area contributed by atoms with Gasteiger partial charge in [0.05, 0.1) is 11.3 Å². The van der Waals surface area contributed by atoms with E-state index in [1.165, 1.54) is 0 Å². The molecule has 1 aliphatic rings. The molecule has 0 aromatic carbocycles. The number of carboxylic acids is 1. The predicted octanol–water partition coefficient (Wildman–Crippen LogP) is -0.0477. The Bertz CT molecular complexity index is 256. The summed E-state index contributed by atoms with van der Waals surface area (Å²) in [5.74, 6) is -1.54. The maximum absolute atomic E-state index is 11.7. The molecule has 0 radical (unpaired) electrons. The molecule has 0 bridgehead atoms. The number of hydrogen-bond acceptors (Lipinski definition) is 3. The minimum atomic E-state index is -0.897. The summed E-state index contributed by atoms with van der Waals surface area (Å²) in [6.07, 6.45) is 2.66. The summed E-state index contributed by atoms with van der Waals surface area (Å²) in [6.45, 7) is 2.09. The van der Waals surface area contributed by atoms with Crippen molar-refractivity contribution in [3.63, 3.8) is 0 Å². The zero-order valence-corrected chi connectivity index (χ0v) is 8.95. The largest absolute Gasteiger partial charge is 0.481 e. The molecule has 0 aromatic rings. The van der Waals surface area contributed by atoms with Gasteiger partial charge in [-0.1, -0.05) is 13.3 Å². The van der Waals surface area contributed by atoms with Gasteiger partial charge < -0.3 is 16.2 Å². The van der Waals surface area contributed by atoms with Crippen LogP contribution in [0.15, 0.2) is 0 Å². The van der Waals surface area contributed by atoms with E-state index in [0.717, 1.165) is 19.3 Å². The first kappa shape index (κ1) is 12.0. The first-order chi connectivity index (χ1) is 7.02. The molecule has 1 aliphatic carbocycles. The molecule has 1 amide bonds. The second kappa shape index (κ2) is 4.61. The van der Waals surface area contributed by atoms with Gasteiger partial charge in [-0.3, -0.25) is 9.59 Å². The van der Waals surface area contributed by atoms with Crippen LogP contribution in [0, 0.1) is 11.3 Å². The average molecular weight is 214 g/mol. The van der Waals surface area contributed by atoms with Gasteiger partial charge >= 0.3 is 5.97 Å². The quantitative estimate of drug-likeness (QED) is 0.598. The van der Waals surface area contributed by atoms with Crippen molar-refractivity contribution in [2.75, 3.05) is 13.1 Å². The molecular weight excluding hydrogens is 196 g/mol. The molecule has 1 atom stereocenters. The van der Waals surface area contributed by atoms with Gasteiger partial charge in [0.1, 0.15) is 0 Å². The molecule has 1 saturated carbocycles. The van der Waals surface area contributed by atoms with E-state index in [1.807, 2.05) is 0 Å². The number of carbonyl (C=O) groups excluding carboxylic acids is 1. The number of nitrogens with two attached hydrogens (primary N) is 1. The second-order valence-electron chi connectivity index (χ2n) is 4.29. The van der Waals surface area contributed by atoms with Crippen molar-refractivity contribution >= 4 is 11.9 Å². The molecule has 0 heterocycles. The Kier molecular flexibility index (Phi) is 3.68. The van der Waals surface area contributed by atoms with Crippen molar-refractivity contribution in [1.29, 1.82) is 0 Å². The second-order valence-corrected chi connectivity index (χ2v) is 4.29. The van der Waals surface area contributed by atoms with E-state index in [9.17, 15) is 9.59 Å². The number of amides is 1. The molecule has 5 nitrogen and oxygen atoms in total. The van der Waals surface area contributed by atoms with Crippen molar-refractivity contribution in [1.82, 2.24) is 5.32 Å². The third kappa shape index (κ3) is 2.47. The highest BCUT2D eigenvalue weighted by molar-refractivity contribution is 5.84. The van der Waals surface area contributed by atoms with Crippen LogP contribution in [0.5, 0.6) is 0 Å². The van der Waals surface area contributed by atoms with Crippen molar-refractivity contribution in [3.05, 3.63) is 0 Å². The fourth-order valence-electron chi connectivity index (χ4n) is 1.65. The maximum atomic E-state index is 11.7. The molecule has 15 heavy (non-hydrogen) atoms. The minimum absolute atomic E-state index is 0.0932. The van der Waals surface area contributed by atoms with E-state index in [4.69, 9.17) is 10.8 Å². The van der Waals surface area contributed by atoms with Crippen LogP contribution in [0.1, 0.15) is 26.2 Å². The van der Waals surface area contributed by atoms with Crippen molar-refractivity contribution in [3.8, 4) is 0 Å². The SMILES string of the molecule is CC(CNC(=O)C1(CN)CCC1)C(=O)O. The Labute approximate surface area is 89.0 Å². The lowest BCUT2D eigenvalue weighted by Gasteiger charge is -2.39. The van der Waals surface area contributed by atoms with Crippen LogP contribution < -0.4 is 11.1 Å². The lowest BCUT2D eigenvalue weighted by molar-refractivity contribution is -0.141. The summed E-state index contributed by atoms with van der Waals surface area (Å²) in [6, 6.07) is 0. The van der Waals surface area contributed by atoms with Gasteiger partial charge in [-0.25, -0.2) is 0 Å². The topological polar surface area (TPSA) is 92.4 Å². The van der Waals surface area contributed by atoms with Crippen LogP contribution in [0.2, 0.25) is 0 Å². The number of hydrogen-bond donors (Lipinski definition) is 3. The van der Waals surface area contributed by atoms with Gasteiger partial charge in [0.15, 0.2) is 0 Å². The molecule has 4 N–H and O–H groups in total. The van der Waals surface area contributed by atoms with Crippen LogP contribution in [0.3, 0.4) is 0 Å². The smallest absolute Gasteiger partial charge is 0.308 e. The highest BCUT2D eigenvalue weighted by Gasteiger charge is 2.42. The van der Waals surface area contributed by atoms with E-state index in [-0.39, 0.29) is 12.5 Å². The average Bonchev–Trinajstić information content (AvgIpc) is 2.13. The highest BCUT2D eigenvalue weighted by Crippen LogP contribution is 2.39. The Balaban J connectivity index is 2.39. The summed E-state index contributed by atoms with van der Waals surface area (Å²) >= 11 is 0. The molecule has 1 unspecified atom stereocenters. The van der Waals surface area contributed by atoms with Gasteiger partial charge in [-0.2, -0.15) is 0 Å². The molecule has 0 aliphatic heterocycles. The molecule has 0 aromatic heterocycles. The highest BCUT2D eigenvalue weighted by atomic mass is 16.4. The monoisotopic (exact) mass is 214 g/mol. The number of aliphatic carboxylic acids is 1. The number of nitrogens with one attached hydrogen (secondary N) is 1. The van der Waals surface area contributed by atoms with Gasteiger partial charge in [-0.05, 0) is 12.8 Å². The summed E-state index contributed by atoms with van der Waals surface area (Å²) < 4.78 is 0. The first-order valence-electron chi connectivity index (χ1n) is 5.23. The van der Waals surface area contributed by atoms with Crippen LogP contribution >= 0.6 is 0 Å². The summed E-state index contributed by atoms with van der Waals surface area (Å²) in [5, 5.41) is 11.3. The third-order valence-corrected chi connectivity index (χ3v) is 3.17. The fraction of sp³-hybridized carbons (Fsp3) is 0.800. The maximum Gasteiger partial charge on any atom is 0.308 e. The molecule has 0 spiro atoms. The van der Waals surface area contributed by atoms with Gasteiger partial charge in [-0.15, -0.1) is 0 Å². The van der Waals surface area contributed by atoms with E-state index < -0.39 is 17.3 Å². The Morgan fingerprint density at radius 1 is 1.53 bits per heavy atom. The van der Waals surface area contributed by atoms with Crippen LogP contribution in [-0.4, -0.2) is 30.1 Å². The van der Waals surface area contributed by atoms with E-state index in [2.05, 4.69) is 5.32 Å².